The fraction of sp³-hybridized carbons (Fsp3) is 0.667. The molecule has 2 amide bonds. The Morgan fingerprint density at radius 3 is 1.47 bits per heavy atom. The van der Waals surface area contributed by atoms with Gasteiger partial charge in [0.1, 0.15) is 19.0 Å². The van der Waals surface area contributed by atoms with Crippen molar-refractivity contribution in [3.63, 3.8) is 0 Å². The molecule has 0 unspecified atom stereocenters. The molecule has 1 aromatic rings. The molecule has 0 radical (unpaired) electrons. The first kappa shape index (κ1) is 45.3. The number of carbonyl (C=O) groups is 5. The van der Waals surface area contributed by atoms with Gasteiger partial charge in [0, 0.05) is 17.7 Å². The molecule has 0 aromatic heterocycles. The van der Waals surface area contributed by atoms with E-state index in [0.29, 0.717) is 30.9 Å². The standard InChI is InChI=1S/C18H29NO4.C14H20O3.C7H14O2/c1-6-18(4,5)17(22)23-12-10-8-7-9-11-19-15(20)13(2)14(3)16(19)21;1-4-14(2,3)13(15)17-11-10-16-12-8-6-5-7-9-12;1-5-7(2,3)6(8)9-4/h6-12H2,1-5H3;5-9H,4,10-11H2,1-3H3;5H2,1-4H3. The first-order chi connectivity index (χ1) is 22.8. The minimum absolute atomic E-state index is 0.134. The van der Waals surface area contributed by atoms with Crippen molar-refractivity contribution in [2.24, 2.45) is 16.2 Å². The van der Waals surface area contributed by atoms with Gasteiger partial charge < -0.3 is 18.9 Å². The second kappa shape index (κ2) is 22.1. The summed E-state index contributed by atoms with van der Waals surface area (Å²) in [6.45, 7) is 22.2. The van der Waals surface area contributed by atoms with Gasteiger partial charge in [-0.3, -0.25) is 28.9 Å². The van der Waals surface area contributed by atoms with Crippen molar-refractivity contribution >= 4 is 29.7 Å². The Morgan fingerprint density at radius 1 is 0.612 bits per heavy atom. The lowest BCUT2D eigenvalue weighted by Crippen LogP contribution is -2.32. The number of rotatable bonds is 17. The van der Waals surface area contributed by atoms with E-state index < -0.39 is 10.8 Å². The lowest BCUT2D eigenvalue weighted by Gasteiger charge is -2.20. The van der Waals surface area contributed by atoms with Crippen LogP contribution in [-0.2, 0) is 38.2 Å². The summed E-state index contributed by atoms with van der Waals surface area (Å²) in [5, 5.41) is 0. The van der Waals surface area contributed by atoms with Crippen LogP contribution in [0.25, 0.3) is 0 Å². The molecule has 1 aliphatic heterocycles. The summed E-state index contributed by atoms with van der Waals surface area (Å²) >= 11 is 0. The van der Waals surface area contributed by atoms with E-state index in [-0.39, 0.29) is 41.7 Å². The minimum Gasteiger partial charge on any atom is -0.490 e. The lowest BCUT2D eigenvalue weighted by molar-refractivity contribution is -0.155. The van der Waals surface area contributed by atoms with Crippen LogP contribution >= 0.6 is 0 Å². The molecule has 10 heteroatoms. The molecule has 0 bridgehead atoms. The predicted octanol–water partition coefficient (Wildman–Crippen LogP) is 7.87. The highest BCUT2D eigenvalue weighted by Gasteiger charge is 2.32. The summed E-state index contributed by atoms with van der Waals surface area (Å²) in [4.78, 5) is 59.3. The maximum atomic E-state index is 11.9. The van der Waals surface area contributed by atoms with Crippen molar-refractivity contribution in [1.82, 2.24) is 4.90 Å². The summed E-state index contributed by atoms with van der Waals surface area (Å²) in [5.41, 5.74) is -0.0263. The number of nitrogens with zero attached hydrogens (tertiary/aromatic N) is 1. The number of amides is 2. The van der Waals surface area contributed by atoms with Gasteiger partial charge in [-0.05, 0) is 106 Å². The molecule has 1 aromatic carbocycles. The van der Waals surface area contributed by atoms with Crippen LogP contribution in [-0.4, -0.2) is 68.1 Å². The van der Waals surface area contributed by atoms with Gasteiger partial charge in [-0.25, -0.2) is 0 Å². The van der Waals surface area contributed by atoms with Crippen molar-refractivity contribution in [3.8, 4) is 5.75 Å². The van der Waals surface area contributed by atoms with Gasteiger partial charge in [-0.1, -0.05) is 45.4 Å². The van der Waals surface area contributed by atoms with Crippen LogP contribution in [0.2, 0.25) is 0 Å². The van der Waals surface area contributed by atoms with E-state index in [4.69, 9.17) is 14.2 Å². The number of hydrogen-bond donors (Lipinski definition) is 0. The molecule has 0 aliphatic carbocycles. The first-order valence-electron chi connectivity index (χ1n) is 17.5. The van der Waals surface area contributed by atoms with Crippen LogP contribution in [0.15, 0.2) is 41.5 Å². The third kappa shape index (κ3) is 16.0. The second-order valence-corrected chi connectivity index (χ2v) is 14.1. The molecule has 1 aliphatic rings. The number of para-hydroxylation sites is 1. The molecule has 49 heavy (non-hydrogen) atoms. The van der Waals surface area contributed by atoms with E-state index in [1.165, 1.54) is 12.0 Å². The molecule has 278 valence electrons. The summed E-state index contributed by atoms with van der Waals surface area (Å²) < 4.78 is 20.4. The van der Waals surface area contributed by atoms with Crippen molar-refractivity contribution < 1.29 is 42.9 Å². The zero-order valence-corrected chi connectivity index (χ0v) is 32.3. The number of unbranched alkanes of at least 4 members (excludes halogenated alkanes) is 3. The van der Waals surface area contributed by atoms with Crippen molar-refractivity contribution in [1.29, 1.82) is 0 Å². The van der Waals surface area contributed by atoms with Crippen LogP contribution in [0.3, 0.4) is 0 Å². The smallest absolute Gasteiger partial charge is 0.311 e. The highest BCUT2D eigenvalue weighted by molar-refractivity contribution is 6.18. The van der Waals surface area contributed by atoms with Gasteiger partial charge in [0.15, 0.2) is 0 Å². The van der Waals surface area contributed by atoms with Crippen molar-refractivity contribution in [3.05, 3.63) is 41.5 Å². The topological polar surface area (TPSA) is 126 Å². The number of methoxy groups -OCH3 is 1. The molecule has 0 fully saturated rings. The fourth-order valence-electron chi connectivity index (χ4n) is 3.82. The van der Waals surface area contributed by atoms with Gasteiger partial charge in [0.05, 0.1) is 30.0 Å². The lowest BCUT2D eigenvalue weighted by atomic mass is 9.91. The Morgan fingerprint density at radius 2 is 1.04 bits per heavy atom. The molecule has 0 atom stereocenters. The van der Waals surface area contributed by atoms with Crippen LogP contribution in [0.5, 0.6) is 5.75 Å². The van der Waals surface area contributed by atoms with Crippen LogP contribution in [0, 0.1) is 16.2 Å². The summed E-state index contributed by atoms with van der Waals surface area (Å²) in [5.74, 6) is 0.0108. The Kier molecular flexibility index (Phi) is 20.4. The molecule has 10 nitrogen and oxygen atoms in total. The SMILES string of the molecule is CCC(C)(C)C(=O)OC.CCC(C)(C)C(=O)OCCCCCCN1C(=O)C(C)=C(C)C1=O.CCC(C)(C)C(=O)OCCOc1ccccc1. The van der Waals surface area contributed by atoms with Crippen LogP contribution in [0.4, 0.5) is 0 Å². The zero-order chi connectivity index (χ0) is 37.8. The molecule has 2 rings (SSSR count). The van der Waals surface area contributed by atoms with Gasteiger partial charge >= 0.3 is 17.9 Å². The molecular formula is C39H63NO9. The number of imide groups is 1. The maximum Gasteiger partial charge on any atom is 0.311 e. The van der Waals surface area contributed by atoms with Crippen molar-refractivity contribution in [2.45, 2.75) is 121 Å². The number of carbonyl (C=O) groups excluding carboxylic acids is 5. The Balaban J connectivity index is 0.000000776. The van der Waals surface area contributed by atoms with E-state index in [2.05, 4.69) is 4.74 Å². The summed E-state index contributed by atoms with van der Waals surface area (Å²) in [6, 6.07) is 9.48. The Bertz CT molecular complexity index is 1210. The third-order valence-corrected chi connectivity index (χ3v) is 9.03. The average molecular weight is 690 g/mol. The highest BCUT2D eigenvalue weighted by atomic mass is 16.6. The predicted molar refractivity (Wildman–Crippen MR) is 192 cm³/mol. The minimum atomic E-state index is -0.417. The molecule has 0 saturated heterocycles. The summed E-state index contributed by atoms with van der Waals surface area (Å²) in [6.07, 6.45) is 5.77. The fourth-order valence-corrected chi connectivity index (χ4v) is 3.82. The van der Waals surface area contributed by atoms with E-state index in [0.717, 1.165) is 50.7 Å². The van der Waals surface area contributed by atoms with E-state index in [9.17, 15) is 24.0 Å². The van der Waals surface area contributed by atoms with E-state index in [1.54, 1.807) is 13.8 Å². The molecular weight excluding hydrogens is 626 g/mol. The number of benzene rings is 1. The largest absolute Gasteiger partial charge is 0.490 e. The van der Waals surface area contributed by atoms with Crippen LogP contribution < -0.4 is 4.74 Å². The average Bonchev–Trinajstić information content (AvgIpc) is 3.27. The van der Waals surface area contributed by atoms with E-state index >= 15 is 0 Å². The van der Waals surface area contributed by atoms with Crippen molar-refractivity contribution in [2.75, 3.05) is 33.5 Å². The highest BCUT2D eigenvalue weighted by Crippen LogP contribution is 2.23. The Labute approximate surface area is 295 Å². The third-order valence-electron chi connectivity index (χ3n) is 9.03. The zero-order valence-electron chi connectivity index (χ0n) is 32.3. The summed E-state index contributed by atoms with van der Waals surface area (Å²) in [7, 11) is 1.42. The second-order valence-electron chi connectivity index (χ2n) is 14.1. The van der Waals surface area contributed by atoms with E-state index in [1.807, 2.05) is 92.6 Å². The molecule has 0 saturated carbocycles. The van der Waals surface area contributed by atoms with Gasteiger partial charge in [0.2, 0.25) is 0 Å². The number of esters is 3. The quantitative estimate of drug-likeness (QED) is 0.0695. The molecule has 0 N–H and O–H groups in total. The van der Waals surface area contributed by atoms with Gasteiger partial charge in [-0.15, -0.1) is 0 Å². The number of ether oxygens (including phenoxy) is 4. The Hall–Kier alpha value is -3.69. The van der Waals surface area contributed by atoms with Gasteiger partial charge in [0.25, 0.3) is 11.8 Å². The van der Waals surface area contributed by atoms with Crippen LogP contribution in [0.1, 0.15) is 121 Å². The maximum absolute atomic E-state index is 11.9. The molecule has 1 heterocycles. The first-order valence-corrected chi connectivity index (χ1v) is 17.5. The number of hydrogen-bond acceptors (Lipinski definition) is 9. The monoisotopic (exact) mass is 689 g/mol. The molecule has 0 spiro atoms. The van der Waals surface area contributed by atoms with Gasteiger partial charge in [-0.2, -0.15) is 0 Å². The normalized spacial score (nSPS) is 13.2.